The number of anilines is 1. The van der Waals surface area contributed by atoms with Crippen LogP contribution in [0.2, 0.25) is 5.02 Å². The highest BCUT2D eigenvalue weighted by atomic mass is 35.5. The van der Waals surface area contributed by atoms with Crippen molar-refractivity contribution in [2.45, 2.75) is 12.7 Å². The van der Waals surface area contributed by atoms with Crippen molar-refractivity contribution in [3.8, 4) is 0 Å². The van der Waals surface area contributed by atoms with Gasteiger partial charge < -0.3 is 10.6 Å². The van der Waals surface area contributed by atoms with E-state index in [-0.39, 0.29) is 30.5 Å². The Morgan fingerprint density at radius 3 is 2.06 bits per heavy atom. The number of benzene rings is 2. The molecule has 2 aromatic carbocycles. The fraction of sp³-hybridized carbons (Fsp3) is 0.364. The van der Waals surface area contributed by atoms with Crippen molar-refractivity contribution in [1.82, 2.24) is 15.1 Å². The topological polar surface area (TPSA) is 64.7 Å². The van der Waals surface area contributed by atoms with Crippen LogP contribution in [0.4, 0.5) is 23.2 Å². The lowest BCUT2D eigenvalue weighted by Gasteiger charge is -2.33. The highest BCUT2D eigenvalue weighted by molar-refractivity contribution is 6.31. The quantitative estimate of drug-likeness (QED) is 0.589. The van der Waals surface area contributed by atoms with Crippen LogP contribution in [0.3, 0.4) is 0 Å². The summed E-state index contributed by atoms with van der Waals surface area (Å²) in [6.45, 7) is 2.73. The van der Waals surface area contributed by atoms with E-state index >= 15 is 0 Å². The summed E-state index contributed by atoms with van der Waals surface area (Å²) < 4.78 is 51.8. The molecule has 33 heavy (non-hydrogen) atoms. The van der Waals surface area contributed by atoms with E-state index in [2.05, 4.69) is 10.6 Å². The van der Waals surface area contributed by atoms with Crippen LogP contribution in [0.15, 0.2) is 42.5 Å². The molecule has 0 spiro atoms. The van der Waals surface area contributed by atoms with E-state index in [0.717, 1.165) is 17.7 Å². The molecule has 0 aromatic heterocycles. The smallest absolute Gasteiger partial charge is 0.351 e. The Labute approximate surface area is 193 Å². The lowest BCUT2D eigenvalue weighted by Crippen LogP contribution is -2.50. The highest BCUT2D eigenvalue weighted by Crippen LogP contribution is 2.36. The van der Waals surface area contributed by atoms with Gasteiger partial charge in [-0.3, -0.25) is 19.4 Å². The monoisotopic (exact) mass is 486 g/mol. The van der Waals surface area contributed by atoms with Gasteiger partial charge in [0.25, 0.3) is 0 Å². The van der Waals surface area contributed by atoms with Gasteiger partial charge in [-0.1, -0.05) is 23.7 Å². The molecule has 0 bridgehead atoms. The Hall–Kier alpha value is -2.69. The zero-order valence-electron chi connectivity index (χ0n) is 17.6. The minimum absolute atomic E-state index is 0.0215. The molecule has 1 saturated heterocycles. The molecular formula is C22H23ClF4N4O2. The van der Waals surface area contributed by atoms with Gasteiger partial charge in [0.1, 0.15) is 5.82 Å². The molecule has 1 heterocycles. The van der Waals surface area contributed by atoms with Crippen molar-refractivity contribution >= 4 is 29.1 Å². The SMILES string of the molecule is O=C(CN1CCN(CC(=O)Nc2ccc(Cl)c(C(F)(F)F)c2)CC1)NCc1ccc(F)cc1. The number of amides is 2. The van der Waals surface area contributed by atoms with Gasteiger partial charge >= 0.3 is 6.18 Å². The van der Waals surface area contributed by atoms with Crippen molar-refractivity contribution in [3.05, 3.63) is 64.4 Å². The van der Waals surface area contributed by atoms with E-state index in [1.165, 1.54) is 18.2 Å². The van der Waals surface area contributed by atoms with Crippen LogP contribution in [0.25, 0.3) is 0 Å². The number of halogens is 5. The van der Waals surface area contributed by atoms with Gasteiger partial charge in [-0.05, 0) is 35.9 Å². The average molecular weight is 487 g/mol. The number of hydrogen-bond donors (Lipinski definition) is 2. The fourth-order valence-electron chi connectivity index (χ4n) is 3.39. The third-order valence-electron chi connectivity index (χ3n) is 5.16. The molecule has 2 amide bonds. The van der Waals surface area contributed by atoms with Gasteiger partial charge in [-0.15, -0.1) is 0 Å². The second kappa shape index (κ2) is 11.0. The summed E-state index contributed by atoms with van der Waals surface area (Å²) in [6, 6.07) is 9.10. The van der Waals surface area contributed by atoms with Crippen molar-refractivity contribution in [3.63, 3.8) is 0 Å². The first-order valence-corrected chi connectivity index (χ1v) is 10.6. The van der Waals surface area contributed by atoms with Crippen LogP contribution < -0.4 is 10.6 Å². The second-order valence-corrected chi connectivity index (χ2v) is 8.10. The lowest BCUT2D eigenvalue weighted by molar-refractivity contribution is -0.137. The van der Waals surface area contributed by atoms with Crippen LogP contribution in [0, 0.1) is 5.82 Å². The maximum absolute atomic E-state index is 13.0. The van der Waals surface area contributed by atoms with Crippen molar-refractivity contribution in [2.24, 2.45) is 0 Å². The number of carbonyl (C=O) groups excluding carboxylic acids is 2. The number of rotatable bonds is 7. The third kappa shape index (κ3) is 7.69. The summed E-state index contributed by atoms with van der Waals surface area (Å²) in [4.78, 5) is 28.2. The first-order valence-electron chi connectivity index (χ1n) is 10.2. The first-order chi connectivity index (χ1) is 15.6. The van der Waals surface area contributed by atoms with E-state index in [1.54, 1.807) is 12.1 Å². The Balaban J connectivity index is 1.39. The predicted octanol–water partition coefficient (Wildman–Crippen LogP) is 3.37. The molecule has 11 heteroatoms. The van der Waals surface area contributed by atoms with Crippen LogP contribution in [0.1, 0.15) is 11.1 Å². The molecule has 0 unspecified atom stereocenters. The fourth-order valence-corrected chi connectivity index (χ4v) is 3.62. The number of nitrogens with one attached hydrogen (secondary N) is 2. The van der Waals surface area contributed by atoms with E-state index < -0.39 is 22.7 Å². The Kier molecular flexibility index (Phi) is 8.28. The number of carbonyl (C=O) groups is 2. The zero-order chi connectivity index (χ0) is 24.0. The van der Waals surface area contributed by atoms with Gasteiger partial charge in [0.05, 0.1) is 23.7 Å². The summed E-state index contributed by atoms with van der Waals surface area (Å²) in [7, 11) is 0. The average Bonchev–Trinajstić information content (AvgIpc) is 2.75. The molecule has 6 nitrogen and oxygen atoms in total. The minimum Gasteiger partial charge on any atom is -0.351 e. The number of nitrogens with zero attached hydrogens (tertiary/aromatic N) is 2. The van der Waals surface area contributed by atoms with Crippen LogP contribution >= 0.6 is 11.6 Å². The summed E-state index contributed by atoms with van der Waals surface area (Å²) >= 11 is 5.59. The summed E-state index contributed by atoms with van der Waals surface area (Å²) in [5.74, 6) is -0.930. The Bertz CT molecular complexity index is 977. The molecule has 1 aliphatic heterocycles. The van der Waals surface area contributed by atoms with E-state index in [1.807, 2.05) is 9.80 Å². The third-order valence-corrected chi connectivity index (χ3v) is 5.49. The van der Waals surface area contributed by atoms with Crippen molar-refractivity contribution in [2.75, 3.05) is 44.6 Å². The van der Waals surface area contributed by atoms with Gasteiger partial charge in [0.2, 0.25) is 11.8 Å². The number of piperazine rings is 1. The van der Waals surface area contributed by atoms with Crippen LogP contribution in [-0.2, 0) is 22.3 Å². The zero-order valence-corrected chi connectivity index (χ0v) is 18.3. The molecule has 2 N–H and O–H groups in total. The Morgan fingerprint density at radius 1 is 0.909 bits per heavy atom. The maximum atomic E-state index is 13.0. The first kappa shape index (κ1) is 24.9. The molecule has 1 aliphatic rings. The molecule has 0 atom stereocenters. The number of hydrogen-bond acceptors (Lipinski definition) is 4. The normalized spacial score (nSPS) is 15.3. The van der Waals surface area contributed by atoms with Gasteiger partial charge in [0, 0.05) is 38.4 Å². The van der Waals surface area contributed by atoms with E-state index in [4.69, 9.17) is 11.6 Å². The predicted molar refractivity (Wildman–Crippen MR) is 116 cm³/mol. The molecule has 0 saturated carbocycles. The molecule has 0 radical (unpaired) electrons. The molecule has 178 valence electrons. The highest BCUT2D eigenvalue weighted by Gasteiger charge is 2.33. The van der Waals surface area contributed by atoms with E-state index in [0.29, 0.717) is 32.7 Å². The molecular weight excluding hydrogens is 464 g/mol. The number of alkyl halides is 3. The second-order valence-electron chi connectivity index (χ2n) is 7.70. The largest absolute Gasteiger partial charge is 0.417 e. The molecule has 0 aliphatic carbocycles. The Morgan fingerprint density at radius 2 is 1.48 bits per heavy atom. The molecule has 1 fully saturated rings. The van der Waals surface area contributed by atoms with Crippen LogP contribution in [0.5, 0.6) is 0 Å². The van der Waals surface area contributed by atoms with Gasteiger partial charge in [-0.25, -0.2) is 4.39 Å². The summed E-state index contributed by atoms with van der Waals surface area (Å²) in [5.41, 5.74) is -0.190. The van der Waals surface area contributed by atoms with E-state index in [9.17, 15) is 27.2 Å². The van der Waals surface area contributed by atoms with Gasteiger partial charge in [0.15, 0.2) is 0 Å². The maximum Gasteiger partial charge on any atom is 0.417 e. The summed E-state index contributed by atoms with van der Waals surface area (Å²) in [6.07, 6.45) is -4.61. The van der Waals surface area contributed by atoms with Gasteiger partial charge in [-0.2, -0.15) is 13.2 Å². The van der Waals surface area contributed by atoms with Crippen LogP contribution in [-0.4, -0.2) is 60.9 Å². The molecule has 3 rings (SSSR count). The van der Waals surface area contributed by atoms with Crippen molar-refractivity contribution < 1.29 is 27.2 Å². The summed E-state index contributed by atoms with van der Waals surface area (Å²) in [5, 5.41) is 4.82. The lowest BCUT2D eigenvalue weighted by atomic mass is 10.2. The minimum atomic E-state index is -4.61. The molecule has 2 aromatic rings. The standard InChI is InChI=1S/C22H23ClF4N4O2/c23-19-6-5-17(11-18(19)22(25,26)27)29-21(33)14-31-9-7-30(8-10-31)13-20(32)28-12-15-1-3-16(24)4-2-15/h1-6,11H,7-10,12-14H2,(H,28,32)(H,29,33). The van der Waals surface area contributed by atoms with Crippen molar-refractivity contribution in [1.29, 1.82) is 0 Å².